The molecule has 0 spiro atoms. The first-order chi connectivity index (χ1) is 9.83. The number of carbonyl (C=O) groups is 1. The summed E-state index contributed by atoms with van der Waals surface area (Å²) in [5.41, 5.74) is 1.69. The van der Waals surface area contributed by atoms with E-state index in [1.165, 1.54) is 0 Å². The zero-order valence-corrected chi connectivity index (χ0v) is 10.7. The van der Waals surface area contributed by atoms with Gasteiger partial charge in [-0.3, -0.25) is 4.79 Å². The lowest BCUT2D eigenvalue weighted by molar-refractivity contribution is -0.142. The lowest BCUT2D eigenvalue weighted by Crippen LogP contribution is -2.13. The summed E-state index contributed by atoms with van der Waals surface area (Å²) in [5.74, 6) is 0.684. The van der Waals surface area contributed by atoms with Crippen LogP contribution >= 0.6 is 0 Å². The number of hydrogen-bond acceptors (Lipinski definition) is 4. The van der Waals surface area contributed by atoms with Gasteiger partial charge in [0, 0.05) is 11.6 Å². The van der Waals surface area contributed by atoms with Crippen molar-refractivity contribution in [3.63, 3.8) is 0 Å². The summed E-state index contributed by atoms with van der Waals surface area (Å²) in [6, 6.07) is 11.5. The highest BCUT2D eigenvalue weighted by molar-refractivity contribution is 5.91. The SMILES string of the molecule is O=C(OCc1cc(-c2ccccc2)no1)[C]1[CH][CH][CH][CH]1. The van der Waals surface area contributed by atoms with E-state index in [4.69, 9.17) is 9.26 Å². The molecular formula is C16H12NO3. The summed E-state index contributed by atoms with van der Waals surface area (Å²) in [5, 5.41) is 3.96. The maximum Gasteiger partial charge on any atom is 0.314 e. The van der Waals surface area contributed by atoms with Crippen LogP contribution in [0.4, 0.5) is 0 Å². The average molecular weight is 266 g/mol. The normalized spacial score (nSPS) is 15.4. The van der Waals surface area contributed by atoms with Crippen molar-refractivity contribution in [2.24, 2.45) is 0 Å². The molecule has 0 N–H and O–H groups in total. The Kier molecular flexibility index (Phi) is 3.81. The van der Waals surface area contributed by atoms with E-state index in [0.717, 1.165) is 11.3 Å². The fourth-order valence-corrected chi connectivity index (χ4v) is 1.86. The van der Waals surface area contributed by atoms with Crippen LogP contribution in [0.1, 0.15) is 5.76 Å². The number of esters is 1. The number of benzene rings is 1. The van der Waals surface area contributed by atoms with Gasteiger partial charge in [-0.15, -0.1) is 0 Å². The summed E-state index contributed by atoms with van der Waals surface area (Å²) in [6.45, 7) is 0.0733. The van der Waals surface area contributed by atoms with Crippen molar-refractivity contribution in [3.05, 3.63) is 73.8 Å². The van der Waals surface area contributed by atoms with Gasteiger partial charge in [-0.1, -0.05) is 35.5 Å². The molecule has 1 saturated carbocycles. The number of ether oxygens (including phenoxy) is 1. The van der Waals surface area contributed by atoms with Gasteiger partial charge in [-0.05, 0) is 25.7 Å². The van der Waals surface area contributed by atoms with Crippen LogP contribution < -0.4 is 0 Å². The van der Waals surface area contributed by atoms with Gasteiger partial charge < -0.3 is 9.26 Å². The summed E-state index contributed by atoms with van der Waals surface area (Å²) >= 11 is 0. The molecule has 20 heavy (non-hydrogen) atoms. The first kappa shape index (κ1) is 12.9. The topological polar surface area (TPSA) is 52.3 Å². The van der Waals surface area contributed by atoms with Crippen LogP contribution in [0.3, 0.4) is 0 Å². The van der Waals surface area contributed by atoms with E-state index in [2.05, 4.69) is 5.16 Å². The smallest absolute Gasteiger partial charge is 0.314 e. The highest BCUT2D eigenvalue weighted by atomic mass is 16.5. The van der Waals surface area contributed by atoms with E-state index in [-0.39, 0.29) is 12.6 Å². The number of aromatic nitrogens is 1. The van der Waals surface area contributed by atoms with Gasteiger partial charge in [0.1, 0.15) is 5.69 Å². The minimum Gasteiger partial charge on any atom is -0.457 e. The minimum absolute atomic E-state index is 0.0733. The summed E-state index contributed by atoms with van der Waals surface area (Å²) in [4.78, 5) is 11.7. The molecule has 4 nitrogen and oxygen atoms in total. The average Bonchev–Trinajstić information content (AvgIpc) is 3.17. The molecule has 1 aliphatic rings. The predicted octanol–water partition coefficient (Wildman–Crippen LogP) is 2.79. The number of nitrogens with zero attached hydrogens (tertiary/aromatic N) is 1. The molecule has 0 saturated heterocycles. The maximum atomic E-state index is 11.7. The Labute approximate surface area is 117 Å². The fourth-order valence-electron chi connectivity index (χ4n) is 1.86. The lowest BCUT2D eigenvalue weighted by atomic mass is 10.1. The Morgan fingerprint density at radius 3 is 2.65 bits per heavy atom. The molecule has 0 atom stereocenters. The summed E-state index contributed by atoms with van der Waals surface area (Å²) < 4.78 is 10.3. The van der Waals surface area contributed by atoms with Crippen molar-refractivity contribution in [1.82, 2.24) is 5.16 Å². The zero-order valence-electron chi connectivity index (χ0n) is 10.7. The third kappa shape index (κ3) is 2.90. The summed E-state index contributed by atoms with van der Waals surface area (Å²) in [7, 11) is 0. The van der Waals surface area contributed by atoms with Crippen LogP contribution in [0.15, 0.2) is 40.9 Å². The van der Waals surface area contributed by atoms with Crippen LogP contribution in [-0.4, -0.2) is 11.1 Å². The minimum atomic E-state index is -0.368. The summed E-state index contributed by atoms with van der Waals surface area (Å²) in [6.07, 6.45) is 6.99. The number of hydrogen-bond donors (Lipinski definition) is 0. The Balaban J connectivity index is 1.59. The van der Waals surface area contributed by atoms with Crippen molar-refractivity contribution in [3.8, 4) is 11.3 Å². The van der Waals surface area contributed by atoms with E-state index in [9.17, 15) is 4.79 Å². The molecular weight excluding hydrogens is 254 g/mol. The third-order valence-corrected chi connectivity index (χ3v) is 2.87. The quantitative estimate of drug-likeness (QED) is 0.798. The fraction of sp³-hybridized carbons (Fsp3) is 0.0625. The molecule has 0 unspecified atom stereocenters. The molecule has 1 aromatic heterocycles. The van der Waals surface area contributed by atoms with Gasteiger partial charge in [-0.2, -0.15) is 0 Å². The molecule has 0 aliphatic heterocycles. The molecule has 3 rings (SSSR count). The number of rotatable bonds is 4. The van der Waals surface area contributed by atoms with Gasteiger partial charge in [0.2, 0.25) is 0 Å². The van der Waals surface area contributed by atoms with Gasteiger partial charge in [0.25, 0.3) is 0 Å². The molecule has 2 aromatic rings. The molecule has 99 valence electrons. The van der Waals surface area contributed by atoms with E-state index >= 15 is 0 Å². The molecule has 5 radical (unpaired) electrons. The standard InChI is InChI=1S/C16H12NO3/c18-16(13-8-4-5-9-13)19-11-14-10-15(17-20-14)12-6-2-1-3-7-12/h1-10H,11H2. The van der Waals surface area contributed by atoms with Crippen LogP contribution in [0, 0.1) is 31.6 Å². The molecule has 0 bridgehead atoms. The zero-order chi connectivity index (χ0) is 13.8. The molecule has 0 amide bonds. The van der Waals surface area contributed by atoms with Crippen molar-refractivity contribution in [2.45, 2.75) is 6.61 Å². The Morgan fingerprint density at radius 2 is 1.90 bits per heavy atom. The van der Waals surface area contributed by atoms with Crippen LogP contribution in [-0.2, 0) is 16.1 Å². The first-order valence-electron chi connectivity index (χ1n) is 6.23. The molecule has 1 fully saturated rings. The van der Waals surface area contributed by atoms with Crippen molar-refractivity contribution < 1.29 is 14.1 Å². The van der Waals surface area contributed by atoms with Crippen molar-refractivity contribution in [2.75, 3.05) is 0 Å². The van der Waals surface area contributed by atoms with Gasteiger partial charge in [0.05, 0.1) is 5.92 Å². The van der Waals surface area contributed by atoms with Crippen molar-refractivity contribution >= 4 is 5.97 Å². The molecule has 1 aromatic carbocycles. The molecule has 1 aliphatic carbocycles. The Morgan fingerprint density at radius 1 is 1.15 bits per heavy atom. The highest BCUT2D eigenvalue weighted by Gasteiger charge is 2.26. The van der Waals surface area contributed by atoms with Gasteiger partial charge >= 0.3 is 5.97 Å². The van der Waals surface area contributed by atoms with Crippen LogP contribution in [0.5, 0.6) is 0 Å². The molecule has 1 heterocycles. The van der Waals surface area contributed by atoms with E-state index in [0.29, 0.717) is 11.7 Å². The van der Waals surface area contributed by atoms with Crippen LogP contribution in [0.25, 0.3) is 11.3 Å². The van der Waals surface area contributed by atoms with E-state index in [1.54, 1.807) is 31.7 Å². The molecule has 4 heteroatoms. The predicted molar refractivity (Wildman–Crippen MR) is 72.2 cm³/mol. The van der Waals surface area contributed by atoms with Crippen LogP contribution in [0.2, 0.25) is 0 Å². The largest absolute Gasteiger partial charge is 0.457 e. The van der Waals surface area contributed by atoms with Gasteiger partial charge in [0.15, 0.2) is 12.4 Å². The third-order valence-electron chi connectivity index (χ3n) is 2.87. The monoisotopic (exact) mass is 266 g/mol. The maximum absolute atomic E-state index is 11.7. The van der Waals surface area contributed by atoms with E-state index in [1.807, 2.05) is 30.3 Å². The second-order valence-electron chi connectivity index (χ2n) is 4.29. The lowest BCUT2D eigenvalue weighted by Gasteiger charge is -2.06. The van der Waals surface area contributed by atoms with Crippen molar-refractivity contribution in [1.29, 1.82) is 0 Å². The Bertz CT molecular complexity index is 570. The van der Waals surface area contributed by atoms with E-state index < -0.39 is 0 Å². The second kappa shape index (κ2) is 5.90. The Hall–Kier alpha value is -2.10. The first-order valence-corrected chi connectivity index (χ1v) is 6.23. The number of carbonyl (C=O) groups excluding carboxylic acids is 1. The van der Waals surface area contributed by atoms with Gasteiger partial charge in [-0.25, -0.2) is 0 Å². The highest BCUT2D eigenvalue weighted by Crippen LogP contribution is 2.25. The second-order valence-corrected chi connectivity index (χ2v) is 4.29.